The first-order valence-corrected chi connectivity index (χ1v) is 8.66. The molecule has 0 fully saturated rings. The van der Waals surface area contributed by atoms with Crippen LogP contribution in [-0.4, -0.2) is 21.4 Å². The van der Waals surface area contributed by atoms with Gasteiger partial charge in [0.25, 0.3) is 0 Å². The van der Waals surface area contributed by atoms with E-state index in [4.69, 9.17) is 23.2 Å². The number of hydrogen-bond acceptors (Lipinski definition) is 3. The summed E-state index contributed by atoms with van der Waals surface area (Å²) in [6.07, 6.45) is 2.63. The molecule has 2 rings (SSSR count). The molecule has 1 aromatic carbocycles. The molecule has 1 heterocycles. The van der Waals surface area contributed by atoms with Gasteiger partial charge < -0.3 is 5.32 Å². The first-order valence-electron chi connectivity index (χ1n) is 6.92. The van der Waals surface area contributed by atoms with Crippen molar-refractivity contribution in [1.29, 1.82) is 0 Å². The van der Waals surface area contributed by atoms with Crippen LogP contribution in [0, 0.1) is 0 Å². The van der Waals surface area contributed by atoms with Gasteiger partial charge in [-0.05, 0) is 31.5 Å². The summed E-state index contributed by atoms with van der Waals surface area (Å²) in [5.41, 5.74) is 0. The molecular formula is C15H17Cl2N3OS. The number of carbonyl (C=O) groups excluding carboxylic acids is 1. The fraction of sp³-hybridized carbons (Fsp3) is 0.333. The van der Waals surface area contributed by atoms with Crippen molar-refractivity contribution in [1.82, 2.24) is 9.78 Å². The quantitative estimate of drug-likeness (QED) is 0.748. The van der Waals surface area contributed by atoms with Crippen LogP contribution in [-0.2, 0) is 4.79 Å². The Kier molecular flexibility index (Phi) is 6.17. The predicted molar refractivity (Wildman–Crippen MR) is 93.0 cm³/mol. The van der Waals surface area contributed by atoms with Crippen molar-refractivity contribution in [3.05, 3.63) is 40.5 Å². The first kappa shape index (κ1) is 17.2. The number of anilines is 1. The number of nitrogens with zero attached hydrogens (tertiary/aromatic N) is 2. The van der Waals surface area contributed by atoms with Crippen LogP contribution in [0.4, 0.5) is 5.82 Å². The summed E-state index contributed by atoms with van der Waals surface area (Å²) in [6, 6.07) is 7.23. The SMILES string of the molecule is CCC(C)n1nccc1NC(=O)CSc1cc(Cl)ccc1Cl. The normalized spacial score (nSPS) is 12.2. The molecule has 1 aromatic heterocycles. The number of carbonyl (C=O) groups is 1. The zero-order valence-corrected chi connectivity index (χ0v) is 14.7. The average Bonchev–Trinajstić information content (AvgIpc) is 2.95. The lowest BCUT2D eigenvalue weighted by molar-refractivity contribution is -0.113. The Hall–Kier alpha value is -1.17. The van der Waals surface area contributed by atoms with Gasteiger partial charge in [0.15, 0.2) is 0 Å². The van der Waals surface area contributed by atoms with E-state index in [1.165, 1.54) is 11.8 Å². The number of amides is 1. The number of benzene rings is 1. The Morgan fingerprint density at radius 3 is 2.91 bits per heavy atom. The van der Waals surface area contributed by atoms with E-state index in [0.717, 1.165) is 11.3 Å². The molecule has 7 heteroatoms. The second-order valence-corrected chi connectivity index (χ2v) is 6.69. The smallest absolute Gasteiger partial charge is 0.235 e. The van der Waals surface area contributed by atoms with Gasteiger partial charge in [0, 0.05) is 16.0 Å². The standard InChI is InChI=1S/C15H17Cl2N3OS/c1-3-10(2)20-14(6-7-18-20)19-15(21)9-22-13-8-11(16)4-5-12(13)17/h4-8,10H,3,9H2,1-2H3,(H,19,21). The highest BCUT2D eigenvalue weighted by Gasteiger charge is 2.12. The topological polar surface area (TPSA) is 46.9 Å². The monoisotopic (exact) mass is 357 g/mol. The van der Waals surface area contributed by atoms with Gasteiger partial charge in [-0.2, -0.15) is 5.10 Å². The van der Waals surface area contributed by atoms with E-state index >= 15 is 0 Å². The lowest BCUT2D eigenvalue weighted by Gasteiger charge is -2.14. The van der Waals surface area contributed by atoms with Gasteiger partial charge in [-0.15, -0.1) is 11.8 Å². The zero-order valence-electron chi connectivity index (χ0n) is 12.3. The number of halogens is 2. The molecule has 0 aliphatic rings. The van der Waals surface area contributed by atoms with Crippen LogP contribution in [0.25, 0.3) is 0 Å². The fourth-order valence-electron chi connectivity index (χ4n) is 1.85. The minimum absolute atomic E-state index is 0.105. The Balaban J connectivity index is 1.96. The molecule has 0 bridgehead atoms. The van der Waals surface area contributed by atoms with E-state index in [1.54, 1.807) is 30.5 Å². The maximum absolute atomic E-state index is 12.1. The summed E-state index contributed by atoms with van der Waals surface area (Å²) in [4.78, 5) is 12.9. The van der Waals surface area contributed by atoms with Gasteiger partial charge in [-0.1, -0.05) is 30.1 Å². The minimum Gasteiger partial charge on any atom is -0.310 e. The number of rotatable bonds is 6. The number of thioether (sulfide) groups is 1. The van der Waals surface area contributed by atoms with Gasteiger partial charge in [0.2, 0.25) is 5.91 Å². The summed E-state index contributed by atoms with van der Waals surface area (Å²) in [5, 5.41) is 8.30. The van der Waals surface area contributed by atoms with Crippen molar-refractivity contribution in [3.63, 3.8) is 0 Å². The van der Waals surface area contributed by atoms with Gasteiger partial charge in [0.05, 0.1) is 23.0 Å². The molecular weight excluding hydrogens is 341 g/mol. The lowest BCUT2D eigenvalue weighted by atomic mass is 10.3. The average molecular weight is 358 g/mol. The van der Waals surface area contributed by atoms with Crippen molar-refractivity contribution in [2.45, 2.75) is 31.2 Å². The van der Waals surface area contributed by atoms with Crippen LogP contribution in [0.2, 0.25) is 10.0 Å². The number of nitrogens with one attached hydrogen (secondary N) is 1. The highest BCUT2D eigenvalue weighted by atomic mass is 35.5. The minimum atomic E-state index is -0.105. The van der Waals surface area contributed by atoms with Crippen LogP contribution in [0.15, 0.2) is 35.4 Å². The summed E-state index contributed by atoms with van der Waals surface area (Å²) < 4.78 is 1.81. The van der Waals surface area contributed by atoms with Crippen LogP contribution in [0.5, 0.6) is 0 Å². The summed E-state index contributed by atoms with van der Waals surface area (Å²) in [6.45, 7) is 4.14. The molecule has 4 nitrogen and oxygen atoms in total. The third-order valence-corrected chi connectivity index (χ3v) is 4.93. The lowest BCUT2D eigenvalue weighted by Crippen LogP contribution is -2.18. The molecule has 1 N–H and O–H groups in total. The molecule has 0 saturated carbocycles. The van der Waals surface area contributed by atoms with Crippen LogP contribution in [0.1, 0.15) is 26.3 Å². The third-order valence-electron chi connectivity index (χ3n) is 3.20. The molecule has 0 spiro atoms. The molecule has 1 amide bonds. The fourth-order valence-corrected chi connectivity index (χ4v) is 3.14. The molecule has 1 unspecified atom stereocenters. The molecule has 0 aliphatic carbocycles. The van der Waals surface area contributed by atoms with Crippen LogP contribution < -0.4 is 5.32 Å². The highest BCUT2D eigenvalue weighted by Crippen LogP contribution is 2.30. The van der Waals surface area contributed by atoms with Gasteiger partial charge in [-0.25, -0.2) is 4.68 Å². The van der Waals surface area contributed by atoms with Crippen LogP contribution in [0.3, 0.4) is 0 Å². The molecule has 0 saturated heterocycles. The summed E-state index contributed by atoms with van der Waals surface area (Å²) in [7, 11) is 0. The predicted octanol–water partition coefficient (Wildman–Crippen LogP) is 4.89. The maximum atomic E-state index is 12.1. The van der Waals surface area contributed by atoms with Crippen LogP contribution >= 0.6 is 35.0 Å². The number of hydrogen-bond donors (Lipinski definition) is 1. The van der Waals surface area contributed by atoms with E-state index in [0.29, 0.717) is 15.9 Å². The molecule has 2 aromatic rings. The maximum Gasteiger partial charge on any atom is 0.235 e. The molecule has 0 aliphatic heterocycles. The van der Waals surface area contributed by atoms with Crippen molar-refractivity contribution in [3.8, 4) is 0 Å². The molecule has 1 atom stereocenters. The van der Waals surface area contributed by atoms with Crippen molar-refractivity contribution in [2.75, 3.05) is 11.1 Å². The second-order valence-electron chi connectivity index (χ2n) is 4.83. The molecule has 0 radical (unpaired) electrons. The summed E-state index contributed by atoms with van der Waals surface area (Å²) in [5.74, 6) is 0.856. The van der Waals surface area contributed by atoms with Gasteiger partial charge in [-0.3, -0.25) is 4.79 Å². The Morgan fingerprint density at radius 1 is 1.41 bits per heavy atom. The van der Waals surface area contributed by atoms with Crippen molar-refractivity contribution < 1.29 is 4.79 Å². The Labute approximate surface area is 144 Å². The van der Waals surface area contributed by atoms with Gasteiger partial charge in [0.1, 0.15) is 5.82 Å². The Morgan fingerprint density at radius 2 is 2.18 bits per heavy atom. The molecule has 22 heavy (non-hydrogen) atoms. The van der Waals surface area contributed by atoms with E-state index in [-0.39, 0.29) is 17.7 Å². The van der Waals surface area contributed by atoms with Gasteiger partial charge >= 0.3 is 0 Å². The van der Waals surface area contributed by atoms with E-state index < -0.39 is 0 Å². The summed E-state index contributed by atoms with van der Waals surface area (Å²) >= 11 is 13.4. The third kappa shape index (κ3) is 4.41. The van der Waals surface area contributed by atoms with E-state index in [2.05, 4.69) is 24.3 Å². The Bertz CT molecular complexity index is 660. The molecule has 118 valence electrons. The highest BCUT2D eigenvalue weighted by molar-refractivity contribution is 8.00. The second kappa shape index (κ2) is 7.90. The van der Waals surface area contributed by atoms with E-state index in [1.807, 2.05) is 4.68 Å². The van der Waals surface area contributed by atoms with Crippen molar-refractivity contribution >= 4 is 46.7 Å². The van der Waals surface area contributed by atoms with E-state index in [9.17, 15) is 4.79 Å². The first-order chi connectivity index (χ1) is 10.5. The van der Waals surface area contributed by atoms with Crippen molar-refractivity contribution in [2.24, 2.45) is 0 Å². The number of aromatic nitrogens is 2. The largest absolute Gasteiger partial charge is 0.310 e. The zero-order chi connectivity index (χ0) is 16.1.